The maximum atomic E-state index is 11.7. The highest BCUT2D eigenvalue weighted by molar-refractivity contribution is 7.99. The van der Waals surface area contributed by atoms with E-state index in [1.165, 1.54) is 16.7 Å². The summed E-state index contributed by atoms with van der Waals surface area (Å²) in [6.07, 6.45) is 0. The Labute approximate surface area is 99.1 Å². The Morgan fingerprint density at radius 1 is 1.50 bits per heavy atom. The zero-order valence-corrected chi connectivity index (χ0v) is 10.5. The van der Waals surface area contributed by atoms with Gasteiger partial charge in [-0.2, -0.15) is 0 Å². The predicted molar refractivity (Wildman–Crippen MR) is 61.3 cm³/mol. The zero-order chi connectivity index (χ0) is 12.3. The van der Waals surface area contributed by atoms with Gasteiger partial charge >= 0.3 is 5.97 Å². The summed E-state index contributed by atoms with van der Waals surface area (Å²) in [6.45, 7) is 5.50. The quantitative estimate of drug-likeness (QED) is 0.798. The second-order valence-electron chi connectivity index (χ2n) is 4.62. The number of nitrogens with zero attached hydrogens (tertiary/aromatic N) is 1. The Balaban J connectivity index is 2.50. The van der Waals surface area contributed by atoms with E-state index in [4.69, 9.17) is 9.84 Å². The highest BCUT2D eigenvalue weighted by Gasteiger charge is 2.34. The van der Waals surface area contributed by atoms with Gasteiger partial charge in [-0.1, -0.05) is 0 Å². The molecule has 1 fully saturated rings. The number of carbonyl (C=O) groups is 2. The van der Waals surface area contributed by atoms with Crippen LogP contribution in [0.5, 0.6) is 0 Å². The Morgan fingerprint density at radius 3 is 2.62 bits per heavy atom. The number of amides is 1. The molecule has 0 bridgehead atoms. The van der Waals surface area contributed by atoms with Gasteiger partial charge in [0.25, 0.3) is 0 Å². The molecule has 1 heterocycles. The van der Waals surface area contributed by atoms with Crippen LogP contribution < -0.4 is 0 Å². The van der Waals surface area contributed by atoms with E-state index in [0.29, 0.717) is 11.6 Å². The lowest BCUT2D eigenvalue weighted by molar-refractivity contribution is -0.151. The van der Waals surface area contributed by atoms with E-state index in [9.17, 15) is 9.59 Å². The topological polar surface area (TPSA) is 66.8 Å². The van der Waals surface area contributed by atoms with Crippen molar-refractivity contribution >= 4 is 23.6 Å². The number of hydrogen-bond donors (Lipinski definition) is 1. The van der Waals surface area contributed by atoms with Gasteiger partial charge in [-0.15, -0.1) is 11.8 Å². The van der Waals surface area contributed by atoms with Gasteiger partial charge in [0.05, 0.1) is 11.5 Å². The van der Waals surface area contributed by atoms with Gasteiger partial charge in [-0.3, -0.25) is 4.79 Å². The molecule has 1 amide bonds. The zero-order valence-electron chi connectivity index (χ0n) is 9.73. The summed E-state index contributed by atoms with van der Waals surface area (Å²) in [4.78, 5) is 24.0. The maximum absolute atomic E-state index is 11.7. The molecule has 0 radical (unpaired) electrons. The summed E-state index contributed by atoms with van der Waals surface area (Å²) >= 11 is 1.45. The van der Waals surface area contributed by atoms with Crippen molar-refractivity contribution in [2.45, 2.75) is 32.4 Å². The number of thioether (sulfide) groups is 1. The van der Waals surface area contributed by atoms with Crippen molar-refractivity contribution in [2.75, 3.05) is 18.2 Å². The summed E-state index contributed by atoms with van der Waals surface area (Å²) in [7, 11) is 0. The molecule has 1 atom stereocenters. The van der Waals surface area contributed by atoms with Gasteiger partial charge in [0.15, 0.2) is 0 Å². The SMILES string of the molecule is CC(C)(C)OCC(=O)N1CSCC1C(=O)O. The smallest absolute Gasteiger partial charge is 0.327 e. The number of carboxylic acid groups (broad SMARTS) is 1. The number of hydrogen-bond acceptors (Lipinski definition) is 4. The molecule has 0 aromatic rings. The summed E-state index contributed by atoms with van der Waals surface area (Å²) in [5.41, 5.74) is -0.388. The molecule has 1 N–H and O–H groups in total. The van der Waals surface area contributed by atoms with Crippen LogP contribution in [0.25, 0.3) is 0 Å². The lowest BCUT2D eigenvalue weighted by Crippen LogP contribution is -2.44. The third kappa shape index (κ3) is 3.68. The van der Waals surface area contributed by atoms with Crippen LogP contribution in [-0.4, -0.2) is 51.8 Å². The first kappa shape index (κ1) is 13.3. The molecule has 0 aromatic carbocycles. The van der Waals surface area contributed by atoms with Crippen molar-refractivity contribution in [1.29, 1.82) is 0 Å². The maximum Gasteiger partial charge on any atom is 0.327 e. The molecule has 0 aromatic heterocycles. The molecule has 0 aliphatic carbocycles. The molecule has 1 aliphatic rings. The molecule has 16 heavy (non-hydrogen) atoms. The van der Waals surface area contributed by atoms with Gasteiger partial charge in [-0.25, -0.2) is 4.79 Å². The number of ether oxygens (including phenoxy) is 1. The van der Waals surface area contributed by atoms with Crippen LogP contribution in [0.2, 0.25) is 0 Å². The molecule has 1 unspecified atom stereocenters. The average molecular weight is 247 g/mol. The summed E-state index contributed by atoms with van der Waals surface area (Å²) in [6, 6.07) is -0.707. The fourth-order valence-corrected chi connectivity index (χ4v) is 2.43. The number of rotatable bonds is 3. The van der Waals surface area contributed by atoms with Crippen molar-refractivity contribution in [3.8, 4) is 0 Å². The fraction of sp³-hybridized carbons (Fsp3) is 0.800. The summed E-state index contributed by atoms with van der Waals surface area (Å²) in [5.74, 6) is -0.318. The first-order valence-corrected chi connectivity index (χ1v) is 6.21. The van der Waals surface area contributed by atoms with Crippen LogP contribution in [0.15, 0.2) is 0 Å². The Kier molecular flexibility index (Phi) is 4.21. The highest BCUT2D eigenvalue weighted by Crippen LogP contribution is 2.21. The minimum absolute atomic E-state index is 0.0617. The third-order valence-corrected chi connectivity index (χ3v) is 3.13. The van der Waals surface area contributed by atoms with Crippen molar-refractivity contribution < 1.29 is 19.4 Å². The molecule has 5 nitrogen and oxygen atoms in total. The Hall–Kier alpha value is -0.750. The lowest BCUT2D eigenvalue weighted by atomic mass is 10.2. The van der Waals surface area contributed by atoms with Gasteiger partial charge in [-0.05, 0) is 20.8 Å². The first-order chi connectivity index (χ1) is 7.31. The summed E-state index contributed by atoms with van der Waals surface area (Å²) < 4.78 is 5.34. The van der Waals surface area contributed by atoms with Crippen LogP contribution in [-0.2, 0) is 14.3 Å². The molecular weight excluding hydrogens is 230 g/mol. The number of carboxylic acids is 1. The average Bonchev–Trinajstić information content (AvgIpc) is 2.61. The molecule has 92 valence electrons. The molecular formula is C10H17NO4S. The molecule has 1 saturated heterocycles. The molecule has 1 rings (SSSR count). The highest BCUT2D eigenvalue weighted by atomic mass is 32.2. The van der Waals surface area contributed by atoms with E-state index < -0.39 is 12.0 Å². The van der Waals surface area contributed by atoms with E-state index in [1.807, 2.05) is 20.8 Å². The third-order valence-electron chi connectivity index (χ3n) is 2.12. The predicted octanol–water partition coefficient (Wildman–Crippen LogP) is 0.788. The first-order valence-electron chi connectivity index (χ1n) is 5.05. The van der Waals surface area contributed by atoms with E-state index in [2.05, 4.69) is 0 Å². The van der Waals surface area contributed by atoms with Gasteiger partial charge in [0.1, 0.15) is 12.6 Å². The fourth-order valence-electron chi connectivity index (χ4n) is 1.25. The van der Waals surface area contributed by atoms with Crippen molar-refractivity contribution in [2.24, 2.45) is 0 Å². The largest absolute Gasteiger partial charge is 0.480 e. The molecule has 6 heteroatoms. The lowest BCUT2D eigenvalue weighted by Gasteiger charge is -2.24. The minimum atomic E-state index is -0.950. The summed E-state index contributed by atoms with van der Waals surface area (Å²) in [5, 5.41) is 8.91. The number of aliphatic carboxylic acids is 1. The van der Waals surface area contributed by atoms with Crippen molar-refractivity contribution in [3.63, 3.8) is 0 Å². The van der Waals surface area contributed by atoms with E-state index in [0.717, 1.165) is 0 Å². The minimum Gasteiger partial charge on any atom is -0.480 e. The van der Waals surface area contributed by atoms with Crippen molar-refractivity contribution in [1.82, 2.24) is 4.90 Å². The number of carbonyl (C=O) groups excluding carboxylic acids is 1. The Bertz CT molecular complexity index is 287. The van der Waals surface area contributed by atoms with Crippen LogP contribution in [0.1, 0.15) is 20.8 Å². The van der Waals surface area contributed by atoms with E-state index in [1.54, 1.807) is 0 Å². The second-order valence-corrected chi connectivity index (χ2v) is 5.62. The molecule has 0 spiro atoms. The molecule has 0 saturated carbocycles. The molecule has 1 aliphatic heterocycles. The van der Waals surface area contributed by atoms with Crippen LogP contribution in [0, 0.1) is 0 Å². The van der Waals surface area contributed by atoms with E-state index in [-0.39, 0.29) is 18.1 Å². The van der Waals surface area contributed by atoms with Crippen molar-refractivity contribution in [3.05, 3.63) is 0 Å². The van der Waals surface area contributed by atoms with Gasteiger partial charge in [0.2, 0.25) is 5.91 Å². The Morgan fingerprint density at radius 2 is 2.12 bits per heavy atom. The van der Waals surface area contributed by atoms with Gasteiger partial charge < -0.3 is 14.7 Å². The van der Waals surface area contributed by atoms with Crippen LogP contribution in [0.4, 0.5) is 0 Å². The van der Waals surface area contributed by atoms with Crippen LogP contribution >= 0.6 is 11.8 Å². The normalized spacial score (nSPS) is 21.2. The van der Waals surface area contributed by atoms with E-state index >= 15 is 0 Å². The monoisotopic (exact) mass is 247 g/mol. The standard InChI is InChI=1S/C10H17NO4S/c1-10(2,3)15-4-8(12)11-6-16-5-7(11)9(13)14/h7H,4-6H2,1-3H3,(H,13,14). The van der Waals surface area contributed by atoms with Crippen LogP contribution in [0.3, 0.4) is 0 Å². The van der Waals surface area contributed by atoms with Gasteiger partial charge in [0, 0.05) is 5.75 Å². The second kappa shape index (κ2) is 5.05.